The lowest BCUT2D eigenvalue weighted by atomic mass is 10.2. The zero-order valence-corrected chi connectivity index (χ0v) is 11.0. The molecule has 0 aliphatic carbocycles. The third kappa shape index (κ3) is 1.91. The largest absolute Gasteiger partial charge is 0.506 e. The van der Waals surface area contributed by atoms with Crippen molar-refractivity contribution in [1.29, 1.82) is 0 Å². The van der Waals surface area contributed by atoms with Crippen LogP contribution in [-0.4, -0.2) is 34.3 Å². The number of fused-ring (bicyclic) bond motifs is 1. The van der Waals surface area contributed by atoms with Crippen molar-refractivity contribution in [2.24, 2.45) is 0 Å². The average molecular weight is 271 g/mol. The third-order valence-corrected chi connectivity index (χ3v) is 3.04. The van der Waals surface area contributed by atoms with Crippen LogP contribution in [0.5, 0.6) is 17.2 Å². The Bertz CT molecular complexity index is 726. The van der Waals surface area contributed by atoms with Gasteiger partial charge in [0.1, 0.15) is 11.6 Å². The summed E-state index contributed by atoms with van der Waals surface area (Å²) in [5.41, 5.74) is 2.12. The van der Waals surface area contributed by atoms with E-state index in [-0.39, 0.29) is 5.75 Å². The van der Waals surface area contributed by atoms with Gasteiger partial charge >= 0.3 is 0 Å². The van der Waals surface area contributed by atoms with Crippen molar-refractivity contribution in [3.8, 4) is 28.6 Å². The lowest BCUT2D eigenvalue weighted by Crippen LogP contribution is -1.89. The summed E-state index contributed by atoms with van der Waals surface area (Å²) >= 11 is 0. The van der Waals surface area contributed by atoms with E-state index < -0.39 is 0 Å². The number of pyridine rings is 1. The van der Waals surface area contributed by atoms with Gasteiger partial charge in [0.25, 0.3) is 0 Å². The quantitative estimate of drug-likeness (QED) is 0.764. The lowest BCUT2D eigenvalue weighted by molar-refractivity contribution is 0.356. The topological polar surface area (TPSA) is 80.3 Å². The molecule has 6 nitrogen and oxygen atoms in total. The van der Waals surface area contributed by atoms with E-state index in [0.717, 1.165) is 11.0 Å². The van der Waals surface area contributed by atoms with Gasteiger partial charge in [0, 0.05) is 18.3 Å². The van der Waals surface area contributed by atoms with Gasteiger partial charge in [0.15, 0.2) is 11.5 Å². The SMILES string of the molecule is COc1cc2nc(-c3ccncc3O)[nH]c2cc1OC. The normalized spacial score (nSPS) is 10.7. The van der Waals surface area contributed by atoms with E-state index in [2.05, 4.69) is 15.0 Å². The van der Waals surface area contributed by atoms with Crippen LogP contribution in [-0.2, 0) is 0 Å². The van der Waals surface area contributed by atoms with Crippen molar-refractivity contribution in [3.63, 3.8) is 0 Å². The Morgan fingerprint density at radius 2 is 1.90 bits per heavy atom. The predicted octanol–water partition coefficient (Wildman–Crippen LogP) is 2.35. The van der Waals surface area contributed by atoms with E-state index in [0.29, 0.717) is 22.9 Å². The lowest BCUT2D eigenvalue weighted by Gasteiger charge is -2.06. The Labute approximate surface area is 115 Å². The van der Waals surface area contributed by atoms with E-state index in [1.165, 1.54) is 6.20 Å². The minimum absolute atomic E-state index is 0.0745. The van der Waals surface area contributed by atoms with Crippen LogP contribution in [0.4, 0.5) is 0 Å². The van der Waals surface area contributed by atoms with Crippen LogP contribution in [0.2, 0.25) is 0 Å². The molecule has 20 heavy (non-hydrogen) atoms. The summed E-state index contributed by atoms with van der Waals surface area (Å²) in [4.78, 5) is 11.4. The molecular formula is C14H13N3O3. The van der Waals surface area contributed by atoms with Crippen molar-refractivity contribution in [3.05, 3.63) is 30.6 Å². The first-order valence-corrected chi connectivity index (χ1v) is 5.98. The maximum Gasteiger partial charge on any atom is 0.163 e. The molecular weight excluding hydrogens is 258 g/mol. The molecule has 0 atom stereocenters. The first-order chi connectivity index (χ1) is 9.72. The molecule has 0 spiro atoms. The summed E-state index contributed by atoms with van der Waals surface area (Å²) in [7, 11) is 3.15. The van der Waals surface area contributed by atoms with Gasteiger partial charge in [0.2, 0.25) is 0 Å². The summed E-state index contributed by atoms with van der Waals surface area (Å²) in [5, 5.41) is 9.82. The molecule has 0 fully saturated rings. The standard InChI is InChI=1S/C14H13N3O3/c1-19-12-5-9-10(6-13(12)20-2)17-14(16-9)8-3-4-15-7-11(8)18/h3-7,18H,1-2H3,(H,16,17). The van der Waals surface area contributed by atoms with E-state index in [1.54, 1.807) is 32.5 Å². The Balaban J connectivity index is 2.18. The van der Waals surface area contributed by atoms with Gasteiger partial charge in [-0.2, -0.15) is 0 Å². The zero-order valence-electron chi connectivity index (χ0n) is 11.0. The van der Waals surface area contributed by atoms with Crippen molar-refractivity contribution < 1.29 is 14.6 Å². The van der Waals surface area contributed by atoms with E-state index in [1.807, 2.05) is 6.07 Å². The van der Waals surface area contributed by atoms with Crippen molar-refractivity contribution in [1.82, 2.24) is 15.0 Å². The second-order valence-corrected chi connectivity index (χ2v) is 4.20. The third-order valence-electron chi connectivity index (χ3n) is 3.04. The Morgan fingerprint density at radius 3 is 2.60 bits per heavy atom. The van der Waals surface area contributed by atoms with Crippen LogP contribution >= 0.6 is 0 Å². The van der Waals surface area contributed by atoms with Crippen molar-refractivity contribution in [2.45, 2.75) is 0 Å². The molecule has 2 heterocycles. The van der Waals surface area contributed by atoms with Crippen LogP contribution in [0, 0.1) is 0 Å². The molecule has 2 aromatic heterocycles. The van der Waals surface area contributed by atoms with Gasteiger partial charge in [-0.05, 0) is 6.07 Å². The minimum atomic E-state index is 0.0745. The molecule has 0 unspecified atom stereocenters. The number of aromatic nitrogens is 3. The van der Waals surface area contributed by atoms with Crippen molar-refractivity contribution in [2.75, 3.05) is 14.2 Å². The monoisotopic (exact) mass is 271 g/mol. The van der Waals surface area contributed by atoms with E-state index in [4.69, 9.17) is 9.47 Å². The van der Waals surface area contributed by atoms with E-state index in [9.17, 15) is 5.11 Å². The fourth-order valence-corrected chi connectivity index (χ4v) is 2.05. The molecule has 3 aromatic rings. The van der Waals surface area contributed by atoms with Crippen LogP contribution in [0.1, 0.15) is 0 Å². The fraction of sp³-hybridized carbons (Fsp3) is 0.143. The smallest absolute Gasteiger partial charge is 0.163 e. The van der Waals surface area contributed by atoms with Crippen LogP contribution in [0.15, 0.2) is 30.6 Å². The number of methoxy groups -OCH3 is 2. The number of ether oxygens (including phenoxy) is 2. The second kappa shape index (κ2) is 4.73. The van der Waals surface area contributed by atoms with Gasteiger partial charge in [-0.25, -0.2) is 4.98 Å². The highest BCUT2D eigenvalue weighted by molar-refractivity contribution is 5.83. The second-order valence-electron chi connectivity index (χ2n) is 4.20. The molecule has 0 aliphatic heterocycles. The van der Waals surface area contributed by atoms with Gasteiger partial charge in [-0.3, -0.25) is 4.98 Å². The maximum atomic E-state index is 9.82. The van der Waals surface area contributed by atoms with Gasteiger partial charge < -0.3 is 19.6 Å². The highest BCUT2D eigenvalue weighted by Gasteiger charge is 2.12. The molecule has 1 aromatic carbocycles. The van der Waals surface area contributed by atoms with Crippen LogP contribution in [0.3, 0.4) is 0 Å². The molecule has 0 saturated carbocycles. The van der Waals surface area contributed by atoms with Crippen molar-refractivity contribution >= 4 is 11.0 Å². The summed E-state index contributed by atoms with van der Waals surface area (Å²) in [5.74, 6) is 1.87. The molecule has 0 aliphatic rings. The number of aromatic amines is 1. The number of nitrogens with one attached hydrogen (secondary N) is 1. The van der Waals surface area contributed by atoms with Gasteiger partial charge in [-0.15, -0.1) is 0 Å². The van der Waals surface area contributed by atoms with Crippen LogP contribution < -0.4 is 9.47 Å². The molecule has 0 bridgehead atoms. The molecule has 0 radical (unpaired) electrons. The summed E-state index contributed by atoms with van der Waals surface area (Å²) in [6, 6.07) is 5.29. The number of nitrogens with zero attached hydrogens (tertiary/aromatic N) is 2. The number of hydrogen-bond donors (Lipinski definition) is 2. The fourth-order valence-electron chi connectivity index (χ4n) is 2.05. The summed E-state index contributed by atoms with van der Waals surface area (Å²) in [6.45, 7) is 0. The Hall–Kier alpha value is -2.76. The summed E-state index contributed by atoms with van der Waals surface area (Å²) in [6.07, 6.45) is 2.98. The average Bonchev–Trinajstić information content (AvgIpc) is 2.88. The molecule has 2 N–H and O–H groups in total. The minimum Gasteiger partial charge on any atom is -0.506 e. The maximum absolute atomic E-state index is 9.82. The molecule has 0 saturated heterocycles. The first-order valence-electron chi connectivity index (χ1n) is 5.98. The highest BCUT2D eigenvalue weighted by atomic mass is 16.5. The highest BCUT2D eigenvalue weighted by Crippen LogP contribution is 2.33. The van der Waals surface area contributed by atoms with Gasteiger partial charge in [0.05, 0.1) is 37.0 Å². The molecule has 102 valence electrons. The molecule has 3 rings (SSSR count). The number of aromatic hydroxyl groups is 1. The van der Waals surface area contributed by atoms with E-state index >= 15 is 0 Å². The number of rotatable bonds is 3. The first kappa shape index (κ1) is 12.3. The zero-order chi connectivity index (χ0) is 14.1. The molecule has 0 amide bonds. The Kier molecular flexibility index (Phi) is 2.90. The number of imidazole rings is 1. The number of H-pyrrole nitrogens is 1. The number of hydrogen-bond acceptors (Lipinski definition) is 5. The Morgan fingerprint density at radius 1 is 1.15 bits per heavy atom. The molecule has 6 heteroatoms. The summed E-state index contributed by atoms with van der Waals surface area (Å²) < 4.78 is 10.5. The van der Waals surface area contributed by atoms with Gasteiger partial charge in [-0.1, -0.05) is 0 Å². The van der Waals surface area contributed by atoms with Crippen LogP contribution in [0.25, 0.3) is 22.4 Å². The number of benzene rings is 1. The predicted molar refractivity (Wildman–Crippen MR) is 74.1 cm³/mol.